The minimum atomic E-state index is 0.661. The Morgan fingerprint density at radius 2 is 1.72 bits per heavy atom. The van der Waals surface area contributed by atoms with E-state index in [1.807, 2.05) is 11.7 Å². The summed E-state index contributed by atoms with van der Waals surface area (Å²) in [5, 5.41) is 11.3. The lowest BCUT2D eigenvalue weighted by Gasteiger charge is -2.34. The van der Waals surface area contributed by atoms with E-state index in [0.29, 0.717) is 6.54 Å². The molecular weight excluding hydrogens is 398 g/mol. The summed E-state index contributed by atoms with van der Waals surface area (Å²) < 4.78 is 1.93. The Labute approximate surface area is 193 Å². The van der Waals surface area contributed by atoms with Gasteiger partial charge in [-0.25, -0.2) is 4.99 Å². The van der Waals surface area contributed by atoms with Gasteiger partial charge in [0.15, 0.2) is 5.96 Å². The number of hydrogen-bond donors (Lipinski definition) is 2. The molecule has 1 aromatic carbocycles. The van der Waals surface area contributed by atoms with Crippen molar-refractivity contribution in [1.29, 1.82) is 0 Å². The van der Waals surface area contributed by atoms with Crippen molar-refractivity contribution in [2.75, 3.05) is 45.8 Å². The zero-order valence-corrected chi connectivity index (χ0v) is 20.4. The van der Waals surface area contributed by atoms with Gasteiger partial charge in [0.2, 0.25) is 0 Å². The molecule has 1 aliphatic heterocycles. The smallest absolute Gasteiger partial charge is 0.191 e. The lowest BCUT2D eigenvalue weighted by molar-refractivity contribution is 0.126. The number of rotatable bonds is 10. The number of aryl methyl sites for hydroxylation is 2. The maximum Gasteiger partial charge on any atom is 0.191 e. The van der Waals surface area contributed by atoms with Crippen molar-refractivity contribution in [3.63, 3.8) is 0 Å². The molecule has 0 spiro atoms. The van der Waals surface area contributed by atoms with Crippen LogP contribution in [0.2, 0.25) is 0 Å². The molecule has 1 aromatic heterocycles. The molecule has 0 atom stereocenters. The molecule has 0 saturated carbocycles. The monoisotopic (exact) mass is 439 g/mol. The Balaban J connectivity index is 1.32. The number of unbranched alkanes of at least 4 members (excludes halogenated alkanes) is 1. The first-order valence-corrected chi connectivity index (χ1v) is 12.1. The zero-order valence-electron chi connectivity index (χ0n) is 20.4. The molecule has 0 radical (unpaired) electrons. The van der Waals surface area contributed by atoms with Crippen LogP contribution in [0, 0.1) is 13.8 Å². The molecule has 1 fully saturated rings. The van der Waals surface area contributed by atoms with E-state index in [2.05, 4.69) is 76.6 Å². The Bertz CT molecular complexity index is 835. The van der Waals surface area contributed by atoms with Gasteiger partial charge in [0, 0.05) is 64.1 Å². The molecule has 7 heteroatoms. The van der Waals surface area contributed by atoms with Gasteiger partial charge in [-0.2, -0.15) is 5.10 Å². The van der Waals surface area contributed by atoms with Crippen molar-refractivity contribution in [3.8, 4) is 0 Å². The number of hydrogen-bond acceptors (Lipinski definition) is 4. The Hall–Kier alpha value is -2.38. The van der Waals surface area contributed by atoms with Gasteiger partial charge in [-0.3, -0.25) is 9.58 Å². The summed E-state index contributed by atoms with van der Waals surface area (Å²) in [7, 11) is 1.99. The molecule has 7 nitrogen and oxygen atoms in total. The van der Waals surface area contributed by atoms with Crippen LogP contribution in [0.25, 0.3) is 0 Å². The molecule has 32 heavy (non-hydrogen) atoms. The normalized spacial score (nSPS) is 15.8. The molecule has 0 amide bonds. The van der Waals surface area contributed by atoms with E-state index in [0.717, 1.165) is 50.8 Å². The summed E-state index contributed by atoms with van der Waals surface area (Å²) in [4.78, 5) is 9.95. The van der Waals surface area contributed by atoms with E-state index in [1.165, 1.54) is 42.9 Å². The van der Waals surface area contributed by atoms with Crippen LogP contribution in [-0.4, -0.2) is 71.4 Å². The molecule has 2 heterocycles. The number of aliphatic imine (C=N–C) groups is 1. The van der Waals surface area contributed by atoms with Gasteiger partial charge in [0.1, 0.15) is 0 Å². The van der Waals surface area contributed by atoms with Crippen LogP contribution in [0.4, 0.5) is 0 Å². The fourth-order valence-corrected chi connectivity index (χ4v) is 4.23. The van der Waals surface area contributed by atoms with Gasteiger partial charge < -0.3 is 15.5 Å². The van der Waals surface area contributed by atoms with E-state index in [4.69, 9.17) is 4.99 Å². The summed E-state index contributed by atoms with van der Waals surface area (Å²) in [5.41, 5.74) is 4.88. The molecule has 2 N–H and O–H groups in total. The number of benzene rings is 1. The summed E-state index contributed by atoms with van der Waals surface area (Å²) in [5.74, 6) is 0.893. The summed E-state index contributed by atoms with van der Waals surface area (Å²) >= 11 is 0. The minimum absolute atomic E-state index is 0.661. The van der Waals surface area contributed by atoms with Crippen molar-refractivity contribution in [3.05, 3.63) is 52.8 Å². The number of nitrogens with zero attached hydrogens (tertiary/aromatic N) is 5. The van der Waals surface area contributed by atoms with Crippen LogP contribution in [0.3, 0.4) is 0 Å². The van der Waals surface area contributed by atoms with Crippen LogP contribution in [0.5, 0.6) is 0 Å². The fraction of sp³-hybridized carbons (Fsp3) is 0.600. The summed E-state index contributed by atoms with van der Waals surface area (Å²) in [6.45, 7) is 15.7. The quantitative estimate of drug-likeness (QED) is 0.339. The van der Waals surface area contributed by atoms with E-state index >= 15 is 0 Å². The first-order valence-electron chi connectivity index (χ1n) is 12.1. The van der Waals surface area contributed by atoms with Gasteiger partial charge in [-0.15, -0.1) is 0 Å². The largest absolute Gasteiger partial charge is 0.357 e. The van der Waals surface area contributed by atoms with Gasteiger partial charge >= 0.3 is 0 Å². The van der Waals surface area contributed by atoms with Crippen LogP contribution in [-0.2, 0) is 20.1 Å². The Morgan fingerprint density at radius 3 is 2.38 bits per heavy atom. The molecular formula is C25H41N7. The van der Waals surface area contributed by atoms with Crippen LogP contribution in [0.15, 0.2) is 35.3 Å². The maximum absolute atomic E-state index is 4.77. The number of guanidine groups is 1. The highest BCUT2D eigenvalue weighted by atomic mass is 15.3. The van der Waals surface area contributed by atoms with Gasteiger partial charge in [-0.05, 0) is 45.7 Å². The van der Waals surface area contributed by atoms with Crippen LogP contribution >= 0.6 is 0 Å². The van der Waals surface area contributed by atoms with Crippen molar-refractivity contribution in [1.82, 2.24) is 30.2 Å². The van der Waals surface area contributed by atoms with Crippen molar-refractivity contribution < 1.29 is 0 Å². The average molecular weight is 440 g/mol. The topological polar surface area (TPSA) is 60.7 Å². The SMILES string of the molecule is CCNC(=NCc1c(C)nn(C)c1C)NCCCCN1CCN(Cc2ccccc2)CC1. The van der Waals surface area contributed by atoms with Crippen molar-refractivity contribution in [2.45, 2.75) is 46.7 Å². The third-order valence-corrected chi connectivity index (χ3v) is 6.31. The first-order chi connectivity index (χ1) is 15.6. The average Bonchev–Trinajstić information content (AvgIpc) is 3.04. The van der Waals surface area contributed by atoms with E-state index in [-0.39, 0.29) is 0 Å². The van der Waals surface area contributed by atoms with E-state index in [9.17, 15) is 0 Å². The molecule has 0 unspecified atom stereocenters. The second kappa shape index (κ2) is 12.6. The maximum atomic E-state index is 4.77. The summed E-state index contributed by atoms with van der Waals surface area (Å²) in [6, 6.07) is 10.8. The lowest BCUT2D eigenvalue weighted by atomic mass is 10.2. The number of nitrogens with one attached hydrogen (secondary N) is 2. The Kier molecular flexibility index (Phi) is 9.56. The molecule has 1 aliphatic rings. The molecule has 2 aromatic rings. The highest BCUT2D eigenvalue weighted by molar-refractivity contribution is 5.79. The Morgan fingerprint density at radius 1 is 1.00 bits per heavy atom. The third kappa shape index (κ3) is 7.35. The lowest BCUT2D eigenvalue weighted by Crippen LogP contribution is -2.46. The highest BCUT2D eigenvalue weighted by Crippen LogP contribution is 2.13. The predicted molar refractivity (Wildman–Crippen MR) is 133 cm³/mol. The molecule has 0 bridgehead atoms. The second-order valence-corrected chi connectivity index (χ2v) is 8.71. The third-order valence-electron chi connectivity index (χ3n) is 6.31. The fourth-order valence-electron chi connectivity index (χ4n) is 4.23. The second-order valence-electron chi connectivity index (χ2n) is 8.71. The highest BCUT2D eigenvalue weighted by Gasteiger charge is 2.16. The first kappa shape index (κ1) is 24.3. The van der Waals surface area contributed by atoms with E-state index in [1.54, 1.807) is 0 Å². The predicted octanol–water partition coefficient (Wildman–Crippen LogP) is 2.69. The number of aromatic nitrogens is 2. The van der Waals surface area contributed by atoms with Crippen LogP contribution < -0.4 is 10.6 Å². The molecule has 3 rings (SSSR count). The standard InChI is InChI=1S/C25H41N7/c1-5-26-25(28-19-24-21(2)29-30(4)22(24)3)27-13-9-10-14-31-15-17-32(18-16-31)20-23-11-7-6-8-12-23/h6-8,11-12H,5,9-10,13-20H2,1-4H3,(H2,26,27,28). The van der Waals surface area contributed by atoms with Crippen molar-refractivity contribution >= 4 is 5.96 Å². The summed E-state index contributed by atoms with van der Waals surface area (Å²) in [6.07, 6.45) is 2.37. The minimum Gasteiger partial charge on any atom is -0.357 e. The zero-order chi connectivity index (χ0) is 22.8. The number of piperazine rings is 1. The van der Waals surface area contributed by atoms with Gasteiger partial charge in [0.05, 0.1) is 12.2 Å². The van der Waals surface area contributed by atoms with E-state index < -0.39 is 0 Å². The van der Waals surface area contributed by atoms with Gasteiger partial charge in [-0.1, -0.05) is 30.3 Å². The molecule has 176 valence electrons. The molecule has 0 aliphatic carbocycles. The van der Waals surface area contributed by atoms with Crippen LogP contribution in [0.1, 0.15) is 42.3 Å². The molecule has 1 saturated heterocycles. The van der Waals surface area contributed by atoms with Crippen molar-refractivity contribution in [2.24, 2.45) is 12.0 Å². The van der Waals surface area contributed by atoms with Gasteiger partial charge in [0.25, 0.3) is 0 Å².